The lowest BCUT2D eigenvalue weighted by Crippen LogP contribution is -2.19. The largest absolute Gasteiger partial charge is 0.497 e. The minimum absolute atomic E-state index is 0.229. The molecule has 8 heteroatoms. The number of hydrogen-bond donors (Lipinski definition) is 0. The molecule has 1 heterocycles. The van der Waals surface area contributed by atoms with Crippen LogP contribution < -0.4 is 14.3 Å². The summed E-state index contributed by atoms with van der Waals surface area (Å²) in [6, 6.07) is 10.5. The number of allylic oxidation sites excluding steroid dienone is 1. The molecule has 0 atom stereocenters. The van der Waals surface area contributed by atoms with E-state index in [1.165, 1.54) is 11.3 Å². The first-order chi connectivity index (χ1) is 13.0. The van der Waals surface area contributed by atoms with Crippen LogP contribution in [0.3, 0.4) is 0 Å². The molecule has 5 nitrogen and oxygen atoms in total. The van der Waals surface area contributed by atoms with E-state index in [-0.39, 0.29) is 6.61 Å². The molecule has 0 saturated carbocycles. The van der Waals surface area contributed by atoms with Crippen LogP contribution in [0.4, 0.5) is 0 Å². The van der Waals surface area contributed by atoms with Gasteiger partial charge in [0.05, 0.1) is 22.3 Å². The van der Waals surface area contributed by atoms with E-state index in [9.17, 15) is 4.79 Å². The molecule has 3 rings (SSSR count). The summed E-state index contributed by atoms with van der Waals surface area (Å²) in [5.41, 5.74) is 0.953. The molecule has 0 aliphatic heterocycles. The third-order valence-corrected chi connectivity index (χ3v) is 5.24. The van der Waals surface area contributed by atoms with Crippen molar-refractivity contribution in [3.05, 3.63) is 63.9 Å². The number of thiazole rings is 1. The Morgan fingerprint density at radius 1 is 1.30 bits per heavy atom. The lowest BCUT2D eigenvalue weighted by molar-refractivity contribution is -0.120. The summed E-state index contributed by atoms with van der Waals surface area (Å²) in [4.78, 5) is 17.1. The molecular formula is C19H16Cl2N2O3S. The molecule has 0 spiro atoms. The minimum Gasteiger partial charge on any atom is -0.497 e. The van der Waals surface area contributed by atoms with Gasteiger partial charge in [0, 0.05) is 11.6 Å². The number of benzene rings is 2. The second-order valence-corrected chi connectivity index (χ2v) is 7.34. The van der Waals surface area contributed by atoms with E-state index >= 15 is 0 Å². The Morgan fingerprint density at radius 3 is 2.81 bits per heavy atom. The number of methoxy groups -OCH3 is 1. The quantitative estimate of drug-likeness (QED) is 0.540. The number of rotatable bonds is 6. The van der Waals surface area contributed by atoms with Crippen molar-refractivity contribution >= 4 is 50.7 Å². The zero-order valence-electron chi connectivity index (χ0n) is 14.4. The van der Waals surface area contributed by atoms with E-state index in [0.717, 1.165) is 16.0 Å². The van der Waals surface area contributed by atoms with Crippen molar-refractivity contribution in [2.24, 2.45) is 4.99 Å². The lowest BCUT2D eigenvalue weighted by Gasteiger charge is -2.06. The van der Waals surface area contributed by atoms with Crippen molar-refractivity contribution in [2.45, 2.75) is 6.54 Å². The summed E-state index contributed by atoms with van der Waals surface area (Å²) in [5.74, 6) is 0.704. The first-order valence-corrected chi connectivity index (χ1v) is 9.52. The summed E-state index contributed by atoms with van der Waals surface area (Å²) in [5, 5.41) is 0.834. The maximum absolute atomic E-state index is 12.3. The van der Waals surface area contributed by atoms with E-state index < -0.39 is 5.91 Å². The molecule has 0 bridgehead atoms. The highest BCUT2D eigenvalue weighted by atomic mass is 35.5. The second kappa shape index (κ2) is 8.61. The molecule has 140 valence electrons. The van der Waals surface area contributed by atoms with Gasteiger partial charge in [-0.05, 0) is 36.4 Å². The van der Waals surface area contributed by atoms with Crippen molar-refractivity contribution in [1.29, 1.82) is 0 Å². The van der Waals surface area contributed by atoms with Gasteiger partial charge in [0.15, 0.2) is 11.4 Å². The molecule has 1 aromatic heterocycles. The summed E-state index contributed by atoms with van der Waals surface area (Å²) < 4.78 is 13.6. The Bertz CT molecular complexity index is 1070. The fourth-order valence-corrected chi connectivity index (χ4v) is 3.99. The molecule has 0 fully saturated rings. The molecule has 0 N–H and O–H groups in total. The van der Waals surface area contributed by atoms with Crippen molar-refractivity contribution < 1.29 is 14.3 Å². The van der Waals surface area contributed by atoms with Crippen LogP contribution in [0.15, 0.2) is 54.0 Å². The SMILES string of the molecule is C=CCn1c(=NC(=O)COc2ccc(Cl)cc2Cl)sc2cc(OC)ccc21. The van der Waals surface area contributed by atoms with Crippen molar-refractivity contribution in [2.75, 3.05) is 13.7 Å². The van der Waals surface area contributed by atoms with Crippen LogP contribution in [-0.4, -0.2) is 24.2 Å². The van der Waals surface area contributed by atoms with Gasteiger partial charge in [0.2, 0.25) is 0 Å². The molecule has 2 aromatic carbocycles. The van der Waals surface area contributed by atoms with E-state index in [1.54, 1.807) is 31.4 Å². The van der Waals surface area contributed by atoms with E-state index in [2.05, 4.69) is 11.6 Å². The number of carbonyl (C=O) groups is 1. The fraction of sp³-hybridized carbons (Fsp3) is 0.158. The summed E-state index contributed by atoms with van der Waals surface area (Å²) in [6.45, 7) is 4.07. The van der Waals surface area contributed by atoms with Crippen LogP contribution in [0.5, 0.6) is 11.5 Å². The Kier molecular flexibility index (Phi) is 6.21. The van der Waals surface area contributed by atoms with Crippen molar-refractivity contribution in [3.63, 3.8) is 0 Å². The molecule has 3 aromatic rings. The molecule has 0 aliphatic carbocycles. The predicted molar refractivity (Wildman–Crippen MR) is 109 cm³/mol. The van der Waals surface area contributed by atoms with Gasteiger partial charge in [0.25, 0.3) is 5.91 Å². The van der Waals surface area contributed by atoms with E-state index in [0.29, 0.717) is 27.1 Å². The van der Waals surface area contributed by atoms with Crippen LogP contribution >= 0.6 is 34.5 Å². The number of ether oxygens (including phenoxy) is 2. The zero-order valence-corrected chi connectivity index (χ0v) is 16.8. The van der Waals surface area contributed by atoms with Gasteiger partial charge in [-0.1, -0.05) is 40.6 Å². The lowest BCUT2D eigenvalue weighted by atomic mass is 10.3. The highest BCUT2D eigenvalue weighted by Crippen LogP contribution is 2.27. The molecular weight excluding hydrogens is 407 g/mol. The predicted octanol–water partition coefficient (Wildman–Crippen LogP) is 4.71. The highest BCUT2D eigenvalue weighted by molar-refractivity contribution is 7.16. The molecule has 0 radical (unpaired) electrons. The summed E-state index contributed by atoms with van der Waals surface area (Å²) >= 11 is 13.3. The van der Waals surface area contributed by atoms with Crippen LogP contribution in [0.1, 0.15) is 0 Å². The standard InChI is InChI=1S/C19H16Cl2N2O3S/c1-3-8-23-15-6-5-13(25-2)10-17(15)27-19(23)22-18(24)11-26-16-7-4-12(20)9-14(16)21/h3-7,9-10H,1,8,11H2,2H3. The summed E-state index contributed by atoms with van der Waals surface area (Å²) in [6.07, 6.45) is 1.75. The first-order valence-electron chi connectivity index (χ1n) is 7.95. The number of hydrogen-bond acceptors (Lipinski definition) is 4. The van der Waals surface area contributed by atoms with Crippen LogP contribution in [-0.2, 0) is 11.3 Å². The van der Waals surface area contributed by atoms with Crippen LogP contribution in [0.25, 0.3) is 10.2 Å². The van der Waals surface area contributed by atoms with Gasteiger partial charge < -0.3 is 14.0 Å². The van der Waals surface area contributed by atoms with E-state index in [1.807, 2.05) is 22.8 Å². The van der Waals surface area contributed by atoms with Crippen LogP contribution in [0, 0.1) is 0 Å². The topological polar surface area (TPSA) is 52.8 Å². The Morgan fingerprint density at radius 2 is 2.11 bits per heavy atom. The number of nitrogens with zero attached hydrogens (tertiary/aromatic N) is 2. The molecule has 27 heavy (non-hydrogen) atoms. The van der Waals surface area contributed by atoms with E-state index in [4.69, 9.17) is 32.7 Å². The number of halogens is 2. The Hall–Kier alpha value is -2.28. The van der Waals surface area contributed by atoms with Crippen molar-refractivity contribution in [3.8, 4) is 11.5 Å². The fourth-order valence-electron chi connectivity index (χ4n) is 2.44. The van der Waals surface area contributed by atoms with Crippen LogP contribution in [0.2, 0.25) is 10.0 Å². The summed E-state index contributed by atoms with van der Waals surface area (Å²) in [7, 11) is 1.61. The number of amides is 1. The van der Waals surface area contributed by atoms with Gasteiger partial charge in [-0.3, -0.25) is 4.79 Å². The molecule has 0 unspecified atom stereocenters. The van der Waals surface area contributed by atoms with Crippen molar-refractivity contribution in [1.82, 2.24) is 4.57 Å². The van der Waals surface area contributed by atoms with Gasteiger partial charge >= 0.3 is 0 Å². The monoisotopic (exact) mass is 422 g/mol. The maximum Gasteiger partial charge on any atom is 0.286 e. The first kappa shape index (κ1) is 19.5. The van der Waals surface area contributed by atoms with Gasteiger partial charge in [-0.15, -0.1) is 6.58 Å². The third-order valence-electron chi connectivity index (χ3n) is 3.67. The number of fused-ring (bicyclic) bond motifs is 1. The molecule has 1 amide bonds. The molecule has 0 aliphatic rings. The Labute approximate surface area is 170 Å². The Balaban J connectivity index is 1.88. The minimum atomic E-state index is -0.419. The average Bonchev–Trinajstić information content (AvgIpc) is 2.97. The zero-order chi connectivity index (χ0) is 19.4. The third kappa shape index (κ3) is 4.53. The molecule has 0 saturated heterocycles. The second-order valence-electron chi connectivity index (χ2n) is 5.49. The average molecular weight is 423 g/mol. The smallest absolute Gasteiger partial charge is 0.286 e. The normalized spacial score (nSPS) is 11.6. The van der Waals surface area contributed by atoms with Gasteiger partial charge in [-0.25, -0.2) is 0 Å². The van der Waals surface area contributed by atoms with Gasteiger partial charge in [0.1, 0.15) is 11.5 Å². The number of aromatic nitrogens is 1. The maximum atomic E-state index is 12.3. The van der Waals surface area contributed by atoms with Gasteiger partial charge in [-0.2, -0.15) is 4.99 Å². The number of carbonyl (C=O) groups excluding carboxylic acids is 1. The highest BCUT2D eigenvalue weighted by Gasteiger charge is 2.10.